The van der Waals surface area contributed by atoms with Crippen molar-refractivity contribution in [2.75, 3.05) is 38.4 Å². The summed E-state index contributed by atoms with van der Waals surface area (Å²) < 4.78 is 27.3. The maximum Gasteiger partial charge on any atom is 0.256 e. The number of nitriles is 1. The molecule has 4 aromatic rings. The lowest BCUT2D eigenvalue weighted by Gasteiger charge is -2.43. The van der Waals surface area contributed by atoms with Crippen LogP contribution in [0.5, 0.6) is 11.6 Å². The monoisotopic (exact) mass is 683 g/mol. The van der Waals surface area contributed by atoms with Crippen LogP contribution in [0.15, 0.2) is 43.1 Å². The van der Waals surface area contributed by atoms with Gasteiger partial charge in [0.25, 0.3) is 5.88 Å². The molecular formula is C35H45N11O4. The van der Waals surface area contributed by atoms with Gasteiger partial charge < -0.3 is 24.3 Å². The standard InChI is InChI=1S/C35H45N11O4/c1-3-47-13-4-14-49-34-32(20-45(41-34)28-7-9-29(10-8-28)46-30-11-12-31(46)22-48-21-30)40-35-37-17-27(18-38-35)25-5-6-26(16-36)33(15-25)50-24(2)19-44-23-39-42-43-44/h5-6,15,17-18,20,23-24,28-31H,3-4,7-14,19,21-22H2,1-2H3,(H,37,38,40)/t24-,28-,29-,30-,31+/m0/s1. The van der Waals surface area contributed by atoms with Gasteiger partial charge in [-0.05, 0) is 80.5 Å². The van der Waals surface area contributed by atoms with Crippen molar-refractivity contribution in [2.24, 2.45) is 0 Å². The quantitative estimate of drug-likeness (QED) is 0.174. The second-order valence-corrected chi connectivity index (χ2v) is 13.3. The van der Waals surface area contributed by atoms with Crippen LogP contribution >= 0.6 is 0 Å². The highest BCUT2D eigenvalue weighted by atomic mass is 16.5. The van der Waals surface area contributed by atoms with Gasteiger partial charge in [0.05, 0.1) is 44.2 Å². The maximum absolute atomic E-state index is 9.68. The van der Waals surface area contributed by atoms with Crippen molar-refractivity contribution >= 4 is 11.6 Å². The molecular weight excluding hydrogens is 638 g/mol. The van der Waals surface area contributed by atoms with E-state index in [0.717, 1.165) is 62.1 Å². The Labute approximate surface area is 291 Å². The summed E-state index contributed by atoms with van der Waals surface area (Å²) in [6.07, 6.45) is 14.5. The van der Waals surface area contributed by atoms with E-state index < -0.39 is 0 Å². The molecule has 3 aliphatic rings. The summed E-state index contributed by atoms with van der Waals surface area (Å²) in [7, 11) is 0. The minimum Gasteiger partial charge on any atom is -0.487 e. The third-order valence-electron chi connectivity index (χ3n) is 9.83. The molecule has 0 unspecified atom stereocenters. The van der Waals surface area contributed by atoms with Gasteiger partial charge in [-0.2, -0.15) is 5.26 Å². The molecule has 1 aliphatic carbocycles. The van der Waals surface area contributed by atoms with E-state index in [1.54, 1.807) is 23.1 Å². The van der Waals surface area contributed by atoms with Crippen LogP contribution in [0.1, 0.15) is 70.4 Å². The number of ether oxygens (including phenoxy) is 4. The maximum atomic E-state index is 9.68. The van der Waals surface area contributed by atoms with Crippen LogP contribution in [0.2, 0.25) is 0 Å². The fraction of sp³-hybridized carbons (Fsp3) is 0.571. The van der Waals surface area contributed by atoms with E-state index in [4.69, 9.17) is 24.0 Å². The fourth-order valence-electron chi connectivity index (χ4n) is 7.44. The van der Waals surface area contributed by atoms with Gasteiger partial charge in [-0.3, -0.25) is 9.58 Å². The number of rotatable bonds is 15. The van der Waals surface area contributed by atoms with Crippen molar-refractivity contribution in [1.29, 1.82) is 5.26 Å². The Morgan fingerprint density at radius 2 is 1.76 bits per heavy atom. The van der Waals surface area contributed by atoms with Crippen molar-refractivity contribution in [3.63, 3.8) is 0 Å². The number of hydrogen-bond donors (Lipinski definition) is 1. The van der Waals surface area contributed by atoms with Crippen molar-refractivity contribution in [3.8, 4) is 28.8 Å². The van der Waals surface area contributed by atoms with Crippen LogP contribution in [0.3, 0.4) is 0 Å². The first kappa shape index (κ1) is 33.8. The van der Waals surface area contributed by atoms with Gasteiger partial charge in [0.2, 0.25) is 5.95 Å². The van der Waals surface area contributed by atoms with E-state index in [1.165, 1.54) is 19.2 Å². The zero-order chi connectivity index (χ0) is 34.3. The number of tetrazole rings is 1. The van der Waals surface area contributed by atoms with E-state index in [0.29, 0.717) is 73.7 Å². The van der Waals surface area contributed by atoms with Gasteiger partial charge in [0, 0.05) is 55.7 Å². The van der Waals surface area contributed by atoms with E-state index in [9.17, 15) is 5.26 Å². The van der Waals surface area contributed by atoms with Crippen LogP contribution in [-0.4, -0.2) is 102 Å². The first-order valence-corrected chi connectivity index (χ1v) is 17.7. The van der Waals surface area contributed by atoms with Crippen LogP contribution in [-0.2, 0) is 16.0 Å². The predicted molar refractivity (Wildman–Crippen MR) is 183 cm³/mol. The second kappa shape index (κ2) is 15.9. The van der Waals surface area contributed by atoms with Gasteiger partial charge in [-0.1, -0.05) is 6.07 Å². The number of nitrogens with one attached hydrogen (secondary N) is 1. The molecule has 3 fully saturated rings. The molecule has 2 bridgehead atoms. The molecule has 5 heterocycles. The molecule has 1 aromatic carbocycles. The number of morpholine rings is 1. The topological polar surface area (TPSA) is 163 Å². The Morgan fingerprint density at radius 3 is 2.48 bits per heavy atom. The molecule has 3 aromatic heterocycles. The summed E-state index contributed by atoms with van der Waals surface area (Å²) in [6.45, 7) is 7.90. The minimum absolute atomic E-state index is 0.268. The summed E-state index contributed by atoms with van der Waals surface area (Å²) in [4.78, 5) is 12.0. The highest BCUT2D eigenvalue weighted by Crippen LogP contribution is 2.39. The molecule has 7 rings (SSSR count). The number of fused-ring (bicyclic) bond motifs is 2. The number of nitrogens with zero attached hydrogens (tertiary/aromatic N) is 10. The zero-order valence-corrected chi connectivity index (χ0v) is 28.7. The van der Waals surface area contributed by atoms with Crippen LogP contribution in [0.4, 0.5) is 11.6 Å². The average molecular weight is 684 g/mol. The second-order valence-electron chi connectivity index (χ2n) is 13.3. The number of aromatic nitrogens is 8. The largest absolute Gasteiger partial charge is 0.487 e. The molecule has 15 nitrogen and oxygen atoms in total. The third-order valence-corrected chi connectivity index (χ3v) is 9.83. The average Bonchev–Trinajstić information content (AvgIpc) is 3.86. The Balaban J connectivity index is 1.02. The molecule has 264 valence electrons. The van der Waals surface area contributed by atoms with E-state index in [2.05, 4.69) is 46.5 Å². The number of anilines is 2. The molecule has 0 amide bonds. The zero-order valence-electron chi connectivity index (χ0n) is 28.7. The molecule has 0 spiro atoms. The first-order valence-electron chi connectivity index (χ1n) is 17.7. The normalized spacial score (nSPS) is 22.6. The molecule has 50 heavy (non-hydrogen) atoms. The number of benzene rings is 1. The van der Waals surface area contributed by atoms with Crippen LogP contribution in [0, 0.1) is 11.3 Å². The molecule has 0 radical (unpaired) electrons. The lowest BCUT2D eigenvalue weighted by atomic mass is 9.89. The molecule has 2 saturated heterocycles. The van der Waals surface area contributed by atoms with Crippen LogP contribution < -0.4 is 14.8 Å². The highest BCUT2D eigenvalue weighted by molar-refractivity contribution is 5.67. The van der Waals surface area contributed by atoms with E-state index in [-0.39, 0.29) is 6.10 Å². The lowest BCUT2D eigenvalue weighted by Crippen LogP contribution is -2.52. The summed E-state index contributed by atoms with van der Waals surface area (Å²) in [5, 5.41) is 29.2. The smallest absolute Gasteiger partial charge is 0.256 e. The van der Waals surface area contributed by atoms with Crippen LogP contribution in [0.25, 0.3) is 11.1 Å². The van der Waals surface area contributed by atoms with Gasteiger partial charge in [-0.25, -0.2) is 14.6 Å². The van der Waals surface area contributed by atoms with Crippen molar-refractivity contribution in [1.82, 2.24) is 44.9 Å². The fourth-order valence-corrected chi connectivity index (χ4v) is 7.44. The number of hydrogen-bond acceptors (Lipinski definition) is 13. The van der Waals surface area contributed by atoms with Gasteiger partial charge in [0.15, 0.2) is 0 Å². The third kappa shape index (κ3) is 7.88. The Bertz CT molecular complexity index is 1700. The highest BCUT2D eigenvalue weighted by Gasteiger charge is 2.42. The summed E-state index contributed by atoms with van der Waals surface area (Å²) >= 11 is 0. The van der Waals surface area contributed by atoms with Gasteiger partial charge >= 0.3 is 0 Å². The van der Waals surface area contributed by atoms with Crippen molar-refractivity contribution in [3.05, 3.63) is 48.7 Å². The Morgan fingerprint density at radius 1 is 1.00 bits per heavy atom. The first-order chi connectivity index (χ1) is 24.6. The molecule has 1 saturated carbocycles. The van der Waals surface area contributed by atoms with Crippen molar-refractivity contribution < 1.29 is 18.9 Å². The van der Waals surface area contributed by atoms with E-state index in [1.807, 2.05) is 32.2 Å². The molecule has 3 atom stereocenters. The Kier molecular flexibility index (Phi) is 10.8. The van der Waals surface area contributed by atoms with Gasteiger partial charge in [0.1, 0.15) is 29.9 Å². The summed E-state index contributed by atoms with van der Waals surface area (Å²) in [6, 6.07) is 9.74. The van der Waals surface area contributed by atoms with E-state index >= 15 is 0 Å². The van der Waals surface area contributed by atoms with Crippen molar-refractivity contribution in [2.45, 2.75) is 95.6 Å². The molecule has 15 heteroatoms. The predicted octanol–water partition coefficient (Wildman–Crippen LogP) is 4.56. The summed E-state index contributed by atoms with van der Waals surface area (Å²) in [5.74, 6) is 1.43. The SMILES string of the molecule is CCOCCCOc1nn([C@H]2CC[C@H](N3[C@@H]4CC[C@H]3COC4)CC2)cc1Nc1ncc(-c2ccc(C#N)c(O[C@@H](C)Cn3cnnn3)c2)cn1. The minimum atomic E-state index is -0.268. The molecule has 1 N–H and O–H groups in total. The lowest BCUT2D eigenvalue weighted by molar-refractivity contribution is -0.0458. The Hall–Kier alpha value is -4.65. The molecule has 2 aliphatic heterocycles. The summed E-state index contributed by atoms with van der Waals surface area (Å²) in [5.41, 5.74) is 2.77. The van der Waals surface area contributed by atoms with Gasteiger partial charge in [-0.15, -0.1) is 10.2 Å².